The average molecular weight is 516 g/mol. The molecule has 0 unspecified atom stereocenters. The van der Waals surface area contributed by atoms with Gasteiger partial charge in [0.25, 0.3) is 0 Å². The number of rotatable bonds is 2. The van der Waals surface area contributed by atoms with Crippen LogP contribution in [0.4, 0.5) is 0 Å². The van der Waals surface area contributed by atoms with E-state index >= 15 is 0 Å². The second kappa shape index (κ2) is 7.83. The Morgan fingerprint density at radius 2 is 1.18 bits per heavy atom. The van der Waals surface area contributed by atoms with Gasteiger partial charge in [0.15, 0.2) is 0 Å². The van der Waals surface area contributed by atoms with E-state index in [2.05, 4.69) is 120 Å². The van der Waals surface area contributed by atoms with Gasteiger partial charge in [-0.3, -0.25) is 0 Å². The van der Waals surface area contributed by atoms with E-state index in [1.54, 1.807) is 0 Å². The van der Waals surface area contributed by atoms with Crippen LogP contribution in [0.3, 0.4) is 0 Å². The normalized spacial score (nSPS) is 12.1. The zero-order valence-electron chi connectivity index (χ0n) is 20.9. The summed E-state index contributed by atoms with van der Waals surface area (Å²) in [5.41, 5.74) is 7.89. The van der Waals surface area contributed by atoms with E-state index in [9.17, 15) is 0 Å². The number of benzene rings is 6. The third-order valence-electron chi connectivity index (χ3n) is 8.01. The summed E-state index contributed by atoms with van der Waals surface area (Å²) in [4.78, 5) is 0. The highest BCUT2D eigenvalue weighted by atomic mass is 32.1. The number of aromatic nitrogens is 1. The Morgan fingerprint density at radius 1 is 0.513 bits per heavy atom. The van der Waals surface area contributed by atoms with E-state index in [1.165, 1.54) is 53.2 Å². The summed E-state index contributed by atoms with van der Waals surface area (Å²) in [6.07, 6.45) is 0. The highest BCUT2D eigenvalue weighted by Gasteiger charge is 2.17. The molecule has 0 N–H and O–H groups in total. The zero-order chi connectivity index (χ0) is 25.5. The molecule has 0 fully saturated rings. The van der Waals surface area contributed by atoms with Crippen LogP contribution in [0.15, 0.2) is 132 Å². The summed E-state index contributed by atoms with van der Waals surface area (Å²) in [7, 11) is 0. The SMILES string of the molecule is c1ccc2c(c1)oc1c(-c3ccc4c(c3)sc3c(-n5c6ccccc6c6ccccc65)cccc34)cccc12. The lowest BCUT2D eigenvalue weighted by molar-refractivity contribution is 0.670. The van der Waals surface area contributed by atoms with Gasteiger partial charge < -0.3 is 8.98 Å². The van der Waals surface area contributed by atoms with Crippen molar-refractivity contribution in [3.63, 3.8) is 0 Å². The predicted molar refractivity (Wildman–Crippen MR) is 166 cm³/mol. The number of hydrogen-bond acceptors (Lipinski definition) is 2. The van der Waals surface area contributed by atoms with Crippen molar-refractivity contribution in [1.29, 1.82) is 0 Å². The molecular weight excluding hydrogens is 494 g/mol. The summed E-state index contributed by atoms with van der Waals surface area (Å²) < 4.78 is 11.4. The van der Waals surface area contributed by atoms with Crippen molar-refractivity contribution in [2.24, 2.45) is 0 Å². The average Bonchev–Trinajstić information content (AvgIpc) is 3.66. The Hall–Kier alpha value is -4.86. The Balaban J connectivity index is 1.30. The van der Waals surface area contributed by atoms with Gasteiger partial charge in [-0.15, -0.1) is 11.3 Å². The van der Waals surface area contributed by atoms with Crippen LogP contribution in [0.25, 0.3) is 80.7 Å². The number of furan rings is 1. The van der Waals surface area contributed by atoms with Crippen LogP contribution < -0.4 is 0 Å². The molecule has 9 rings (SSSR count). The number of thiophene rings is 1. The van der Waals surface area contributed by atoms with Gasteiger partial charge in [-0.25, -0.2) is 0 Å². The number of hydrogen-bond donors (Lipinski definition) is 0. The maximum atomic E-state index is 6.36. The molecule has 3 aromatic heterocycles. The highest BCUT2D eigenvalue weighted by Crippen LogP contribution is 2.43. The summed E-state index contributed by atoms with van der Waals surface area (Å²) in [6, 6.07) is 45.7. The Morgan fingerprint density at radius 3 is 2.00 bits per heavy atom. The second-order valence-corrected chi connectivity index (χ2v) is 11.2. The van der Waals surface area contributed by atoms with Crippen LogP contribution >= 0.6 is 11.3 Å². The quantitative estimate of drug-likeness (QED) is 0.224. The van der Waals surface area contributed by atoms with Gasteiger partial charge in [-0.1, -0.05) is 97.1 Å². The smallest absolute Gasteiger partial charge is 0.143 e. The summed E-state index contributed by atoms with van der Waals surface area (Å²) >= 11 is 1.87. The third-order valence-corrected chi connectivity index (χ3v) is 9.21. The Bertz CT molecular complexity index is 2350. The van der Waals surface area contributed by atoms with Crippen LogP contribution in [-0.4, -0.2) is 4.57 Å². The van der Waals surface area contributed by atoms with Crippen molar-refractivity contribution in [3.05, 3.63) is 127 Å². The molecule has 39 heavy (non-hydrogen) atoms. The maximum Gasteiger partial charge on any atom is 0.143 e. The fourth-order valence-corrected chi connectivity index (χ4v) is 7.53. The largest absolute Gasteiger partial charge is 0.455 e. The summed E-state index contributed by atoms with van der Waals surface area (Å²) in [5.74, 6) is 0. The molecule has 182 valence electrons. The van der Waals surface area contributed by atoms with Crippen molar-refractivity contribution in [2.45, 2.75) is 0 Å². The van der Waals surface area contributed by atoms with Gasteiger partial charge in [0.05, 0.1) is 21.4 Å². The lowest BCUT2D eigenvalue weighted by Crippen LogP contribution is -1.93. The number of fused-ring (bicyclic) bond motifs is 9. The lowest BCUT2D eigenvalue weighted by atomic mass is 10.0. The molecule has 0 aliphatic heterocycles. The molecular formula is C36H21NOS. The molecule has 9 aromatic rings. The first-order chi connectivity index (χ1) is 19.3. The zero-order valence-corrected chi connectivity index (χ0v) is 21.7. The minimum absolute atomic E-state index is 0.929. The van der Waals surface area contributed by atoms with Gasteiger partial charge in [0.2, 0.25) is 0 Å². The van der Waals surface area contributed by atoms with Crippen molar-refractivity contribution >= 4 is 75.3 Å². The predicted octanol–water partition coefficient (Wildman–Crippen LogP) is 10.7. The molecule has 0 aliphatic rings. The molecule has 3 heteroatoms. The molecule has 0 radical (unpaired) electrons. The molecule has 0 amide bonds. The number of nitrogens with zero attached hydrogens (tertiary/aromatic N) is 1. The van der Waals surface area contributed by atoms with E-state index in [1.807, 2.05) is 23.5 Å². The van der Waals surface area contributed by atoms with Gasteiger partial charge in [0.1, 0.15) is 11.2 Å². The number of para-hydroxylation sites is 4. The summed E-state index contributed by atoms with van der Waals surface area (Å²) in [5, 5.41) is 7.47. The molecule has 0 atom stereocenters. The first kappa shape index (κ1) is 21.1. The van der Waals surface area contributed by atoms with E-state index in [-0.39, 0.29) is 0 Å². The minimum Gasteiger partial charge on any atom is -0.455 e. The Labute approximate surface area is 227 Å². The van der Waals surface area contributed by atoms with E-state index < -0.39 is 0 Å². The van der Waals surface area contributed by atoms with E-state index in [0.29, 0.717) is 0 Å². The van der Waals surface area contributed by atoms with Crippen molar-refractivity contribution < 1.29 is 4.42 Å². The first-order valence-corrected chi connectivity index (χ1v) is 14.0. The van der Waals surface area contributed by atoms with Gasteiger partial charge >= 0.3 is 0 Å². The molecule has 0 saturated carbocycles. The van der Waals surface area contributed by atoms with Crippen LogP contribution in [0.5, 0.6) is 0 Å². The lowest BCUT2D eigenvalue weighted by Gasteiger charge is -2.09. The van der Waals surface area contributed by atoms with Gasteiger partial charge in [0, 0.05) is 42.6 Å². The van der Waals surface area contributed by atoms with E-state index in [0.717, 1.165) is 27.5 Å². The van der Waals surface area contributed by atoms with E-state index in [4.69, 9.17) is 4.42 Å². The topological polar surface area (TPSA) is 18.1 Å². The minimum atomic E-state index is 0.929. The molecule has 0 saturated heterocycles. The first-order valence-electron chi connectivity index (χ1n) is 13.2. The highest BCUT2D eigenvalue weighted by molar-refractivity contribution is 7.26. The van der Waals surface area contributed by atoms with Crippen LogP contribution in [0.2, 0.25) is 0 Å². The Kier molecular flexibility index (Phi) is 4.24. The van der Waals surface area contributed by atoms with Crippen LogP contribution in [0, 0.1) is 0 Å². The van der Waals surface area contributed by atoms with Crippen molar-refractivity contribution in [3.8, 4) is 16.8 Å². The van der Waals surface area contributed by atoms with Crippen LogP contribution in [-0.2, 0) is 0 Å². The second-order valence-electron chi connectivity index (χ2n) is 10.1. The fourth-order valence-electron chi connectivity index (χ4n) is 6.28. The molecule has 0 aliphatic carbocycles. The molecule has 0 spiro atoms. The van der Waals surface area contributed by atoms with Gasteiger partial charge in [-0.05, 0) is 35.9 Å². The fraction of sp³-hybridized carbons (Fsp3) is 0. The molecule has 2 nitrogen and oxygen atoms in total. The van der Waals surface area contributed by atoms with Crippen molar-refractivity contribution in [1.82, 2.24) is 4.57 Å². The van der Waals surface area contributed by atoms with Gasteiger partial charge in [-0.2, -0.15) is 0 Å². The monoisotopic (exact) mass is 515 g/mol. The maximum absolute atomic E-state index is 6.36. The molecule has 0 bridgehead atoms. The van der Waals surface area contributed by atoms with Crippen LogP contribution in [0.1, 0.15) is 0 Å². The molecule has 3 heterocycles. The standard InChI is InChI=1S/C36H21NOS/c1-4-15-30-24(9-1)25-10-2-5-16-31(25)37(30)32-17-8-14-29-27-20-19-22(21-34(27)39-36(29)32)23-12-7-13-28-26-11-3-6-18-33(26)38-35(23)28/h1-21H. The molecule has 6 aromatic carbocycles. The third kappa shape index (κ3) is 2.91. The van der Waals surface area contributed by atoms with Crippen molar-refractivity contribution in [2.75, 3.05) is 0 Å². The summed E-state index contributed by atoms with van der Waals surface area (Å²) in [6.45, 7) is 0.